The van der Waals surface area contributed by atoms with Crippen molar-refractivity contribution in [3.63, 3.8) is 0 Å². The summed E-state index contributed by atoms with van der Waals surface area (Å²) in [6, 6.07) is 11.4. The Bertz CT molecular complexity index is 820. The number of methoxy groups -OCH3 is 1. The number of benzene rings is 2. The number of nitriles is 1. The zero-order valence-corrected chi connectivity index (χ0v) is 12.2. The van der Waals surface area contributed by atoms with Crippen LogP contribution in [0.15, 0.2) is 36.4 Å². The van der Waals surface area contributed by atoms with Crippen LogP contribution in [0.5, 0.6) is 5.75 Å². The zero-order chi connectivity index (χ0) is 15.9. The molecule has 0 N–H and O–H groups in total. The normalized spacial score (nSPS) is 13.0. The lowest BCUT2D eigenvalue weighted by atomic mass is 10.1. The van der Waals surface area contributed by atoms with E-state index in [1.807, 2.05) is 6.07 Å². The van der Waals surface area contributed by atoms with Crippen molar-refractivity contribution in [1.82, 2.24) is 0 Å². The molecule has 0 radical (unpaired) electrons. The van der Waals surface area contributed by atoms with Crippen LogP contribution in [0.25, 0.3) is 0 Å². The molecule has 1 aliphatic heterocycles. The number of rotatable bonds is 2. The smallest absolute Gasteiger partial charge is 0.266 e. The third-order valence-electron chi connectivity index (χ3n) is 3.44. The SMILES string of the molecule is COc1ccc(C#N)c(N2C(=O)c3ccccc3C2=O)c1Cl. The topological polar surface area (TPSA) is 70.4 Å². The van der Waals surface area contributed by atoms with Crippen LogP contribution in [0.1, 0.15) is 26.3 Å². The van der Waals surface area contributed by atoms with E-state index < -0.39 is 11.8 Å². The largest absolute Gasteiger partial charge is 0.495 e. The maximum absolute atomic E-state index is 12.5. The van der Waals surface area contributed by atoms with Gasteiger partial charge in [0.2, 0.25) is 0 Å². The Morgan fingerprint density at radius 3 is 2.18 bits per heavy atom. The van der Waals surface area contributed by atoms with Crippen molar-refractivity contribution in [3.8, 4) is 11.8 Å². The van der Waals surface area contributed by atoms with Gasteiger partial charge in [0.15, 0.2) is 0 Å². The molecule has 0 fully saturated rings. The van der Waals surface area contributed by atoms with Gasteiger partial charge in [0.25, 0.3) is 11.8 Å². The van der Waals surface area contributed by atoms with Crippen LogP contribution in [0.3, 0.4) is 0 Å². The molecular weight excluding hydrogens is 304 g/mol. The number of amides is 2. The second kappa shape index (κ2) is 5.17. The fourth-order valence-electron chi connectivity index (χ4n) is 2.40. The second-order valence-corrected chi connectivity index (χ2v) is 4.96. The first-order valence-corrected chi connectivity index (χ1v) is 6.72. The van der Waals surface area contributed by atoms with E-state index in [-0.39, 0.29) is 33.1 Å². The number of ether oxygens (including phenoxy) is 1. The first kappa shape index (κ1) is 14.1. The lowest BCUT2D eigenvalue weighted by Gasteiger charge is -2.18. The number of hydrogen-bond acceptors (Lipinski definition) is 4. The molecule has 0 aromatic heterocycles. The van der Waals surface area contributed by atoms with Crippen LogP contribution in [0.4, 0.5) is 5.69 Å². The molecule has 108 valence electrons. The van der Waals surface area contributed by atoms with Crippen molar-refractivity contribution in [1.29, 1.82) is 5.26 Å². The highest BCUT2D eigenvalue weighted by Gasteiger charge is 2.39. The van der Waals surface area contributed by atoms with Gasteiger partial charge in [0, 0.05) is 0 Å². The average molecular weight is 313 g/mol. The maximum atomic E-state index is 12.5. The van der Waals surface area contributed by atoms with Gasteiger partial charge in [-0.2, -0.15) is 5.26 Å². The molecule has 0 unspecified atom stereocenters. The molecule has 0 aliphatic carbocycles. The Balaban J connectivity index is 2.24. The fourth-order valence-corrected chi connectivity index (χ4v) is 2.73. The van der Waals surface area contributed by atoms with Crippen molar-refractivity contribution in [2.24, 2.45) is 0 Å². The molecule has 0 spiro atoms. The van der Waals surface area contributed by atoms with Crippen molar-refractivity contribution < 1.29 is 14.3 Å². The Labute approximate surface area is 131 Å². The molecule has 1 heterocycles. The van der Waals surface area contributed by atoms with Gasteiger partial charge in [-0.05, 0) is 24.3 Å². The van der Waals surface area contributed by atoms with E-state index in [1.54, 1.807) is 24.3 Å². The van der Waals surface area contributed by atoms with Crippen LogP contribution >= 0.6 is 11.6 Å². The number of anilines is 1. The molecule has 0 saturated heterocycles. The van der Waals surface area contributed by atoms with E-state index in [1.165, 1.54) is 19.2 Å². The van der Waals surface area contributed by atoms with E-state index in [0.717, 1.165) is 4.90 Å². The summed E-state index contributed by atoms with van der Waals surface area (Å²) in [6.07, 6.45) is 0. The minimum Gasteiger partial charge on any atom is -0.495 e. The van der Waals surface area contributed by atoms with E-state index >= 15 is 0 Å². The minimum absolute atomic E-state index is 0.0507. The van der Waals surface area contributed by atoms with Crippen LogP contribution < -0.4 is 9.64 Å². The van der Waals surface area contributed by atoms with Gasteiger partial charge in [0.1, 0.15) is 16.8 Å². The molecular formula is C16H9ClN2O3. The number of carbonyl (C=O) groups is 2. The van der Waals surface area contributed by atoms with Crippen molar-refractivity contribution >= 4 is 29.1 Å². The number of fused-ring (bicyclic) bond motifs is 1. The Hall–Kier alpha value is -2.84. The van der Waals surface area contributed by atoms with E-state index in [0.29, 0.717) is 0 Å². The molecule has 0 saturated carbocycles. The second-order valence-electron chi connectivity index (χ2n) is 4.58. The predicted molar refractivity (Wildman–Crippen MR) is 80.3 cm³/mol. The van der Waals surface area contributed by atoms with E-state index in [2.05, 4.69) is 0 Å². The summed E-state index contributed by atoms with van der Waals surface area (Å²) in [5.74, 6) is -0.730. The van der Waals surface area contributed by atoms with Gasteiger partial charge >= 0.3 is 0 Å². The molecule has 3 rings (SSSR count). The minimum atomic E-state index is -0.507. The standard InChI is InChI=1S/C16H9ClN2O3/c1-22-12-7-6-9(8-18)14(13(12)17)19-15(20)10-4-2-3-5-11(10)16(19)21/h2-7H,1H3. The van der Waals surface area contributed by atoms with E-state index in [9.17, 15) is 14.9 Å². The summed E-state index contributed by atoms with van der Waals surface area (Å²) in [5.41, 5.74) is 0.751. The molecule has 22 heavy (non-hydrogen) atoms. The van der Waals surface area contributed by atoms with Crippen LogP contribution in [-0.2, 0) is 0 Å². The van der Waals surface area contributed by atoms with Gasteiger partial charge in [0.05, 0.1) is 29.5 Å². The summed E-state index contributed by atoms with van der Waals surface area (Å²) in [7, 11) is 1.42. The maximum Gasteiger partial charge on any atom is 0.266 e. The summed E-state index contributed by atoms with van der Waals surface area (Å²) in [6.45, 7) is 0. The molecule has 2 amide bonds. The summed E-state index contributed by atoms with van der Waals surface area (Å²) in [4.78, 5) is 26.0. The number of nitrogens with zero attached hydrogens (tertiary/aromatic N) is 2. The third-order valence-corrected chi connectivity index (χ3v) is 3.80. The summed E-state index contributed by atoms with van der Waals surface area (Å²) in [5, 5.41) is 9.31. The monoisotopic (exact) mass is 312 g/mol. The van der Waals surface area contributed by atoms with Crippen molar-refractivity contribution in [2.75, 3.05) is 12.0 Å². The quantitative estimate of drug-likeness (QED) is 0.799. The molecule has 6 heteroatoms. The molecule has 0 atom stereocenters. The molecule has 0 bridgehead atoms. The highest BCUT2D eigenvalue weighted by molar-refractivity contribution is 6.41. The highest BCUT2D eigenvalue weighted by atomic mass is 35.5. The van der Waals surface area contributed by atoms with Gasteiger partial charge in [-0.3, -0.25) is 9.59 Å². The van der Waals surface area contributed by atoms with E-state index in [4.69, 9.17) is 16.3 Å². The zero-order valence-electron chi connectivity index (χ0n) is 11.5. The number of carbonyl (C=O) groups excluding carboxylic acids is 2. The van der Waals surface area contributed by atoms with Crippen LogP contribution in [-0.4, -0.2) is 18.9 Å². The van der Waals surface area contributed by atoms with Gasteiger partial charge in [-0.1, -0.05) is 23.7 Å². The van der Waals surface area contributed by atoms with Gasteiger partial charge in [-0.25, -0.2) is 4.90 Å². The number of imide groups is 1. The Kier molecular flexibility index (Phi) is 3.32. The number of halogens is 1. The molecule has 5 nitrogen and oxygen atoms in total. The first-order chi connectivity index (χ1) is 10.6. The fraction of sp³-hybridized carbons (Fsp3) is 0.0625. The summed E-state index contributed by atoms with van der Waals surface area (Å²) < 4.78 is 5.10. The average Bonchev–Trinajstić information content (AvgIpc) is 2.79. The molecule has 2 aromatic rings. The number of hydrogen-bond donors (Lipinski definition) is 0. The lowest BCUT2D eigenvalue weighted by molar-refractivity contribution is 0.0926. The molecule has 1 aliphatic rings. The van der Waals surface area contributed by atoms with Crippen molar-refractivity contribution in [3.05, 3.63) is 58.1 Å². The van der Waals surface area contributed by atoms with Gasteiger partial charge in [-0.15, -0.1) is 0 Å². The third kappa shape index (κ3) is 1.85. The van der Waals surface area contributed by atoms with Crippen molar-refractivity contribution in [2.45, 2.75) is 0 Å². The summed E-state index contributed by atoms with van der Waals surface area (Å²) >= 11 is 6.22. The Morgan fingerprint density at radius 2 is 1.68 bits per heavy atom. The molecule has 2 aromatic carbocycles. The van der Waals surface area contributed by atoms with Crippen LogP contribution in [0.2, 0.25) is 5.02 Å². The lowest BCUT2D eigenvalue weighted by Crippen LogP contribution is -2.30. The highest BCUT2D eigenvalue weighted by Crippen LogP contribution is 2.40. The van der Waals surface area contributed by atoms with Crippen LogP contribution in [0, 0.1) is 11.3 Å². The Morgan fingerprint density at radius 1 is 1.09 bits per heavy atom. The van der Waals surface area contributed by atoms with Gasteiger partial charge < -0.3 is 4.74 Å². The predicted octanol–water partition coefficient (Wildman–Crippen LogP) is 3.02. The first-order valence-electron chi connectivity index (χ1n) is 6.34.